The topological polar surface area (TPSA) is 12.4 Å². The predicted molar refractivity (Wildman–Crippen MR) is 92.2 cm³/mol. The zero-order valence-electron chi connectivity index (χ0n) is 13.7. The lowest BCUT2D eigenvalue weighted by Crippen LogP contribution is -2.14. The van der Waals surface area contributed by atoms with Crippen LogP contribution in [0.25, 0.3) is 0 Å². The highest BCUT2D eigenvalue weighted by Gasteiger charge is 2.14. The molecule has 0 aromatic rings. The molecule has 1 nitrogen and oxygen atoms in total. The van der Waals surface area contributed by atoms with Crippen molar-refractivity contribution < 1.29 is 0 Å². The van der Waals surface area contributed by atoms with Crippen LogP contribution in [0.2, 0.25) is 0 Å². The van der Waals surface area contributed by atoms with Gasteiger partial charge in [-0.3, -0.25) is 0 Å². The minimum Gasteiger partial charge on any atom is -0.226 e. The molecule has 0 amide bonds. The molecule has 19 heavy (non-hydrogen) atoms. The molecule has 0 saturated heterocycles. The Labute approximate surface area is 126 Å². The first kappa shape index (κ1) is 19.0. The van der Waals surface area contributed by atoms with E-state index in [-0.39, 0.29) is 0 Å². The lowest BCUT2D eigenvalue weighted by Gasteiger charge is -2.18. The molecule has 0 saturated carbocycles. The first-order valence-corrected chi connectivity index (χ1v) is 9.58. The Morgan fingerprint density at radius 1 is 0.842 bits per heavy atom. The Kier molecular flexibility index (Phi) is 14.4. The summed E-state index contributed by atoms with van der Waals surface area (Å²) < 4.78 is 4.67. The summed E-state index contributed by atoms with van der Waals surface area (Å²) in [6, 6.07) is 0. The van der Waals surface area contributed by atoms with Crippen molar-refractivity contribution in [1.82, 2.24) is 0 Å². The van der Waals surface area contributed by atoms with Gasteiger partial charge < -0.3 is 0 Å². The predicted octanol–water partition coefficient (Wildman–Crippen LogP) is 6.67. The second-order valence-corrected chi connectivity index (χ2v) is 6.06. The minimum atomic E-state index is 0.756. The molecule has 0 aliphatic heterocycles. The molecule has 0 unspecified atom stereocenters. The van der Waals surface area contributed by atoms with Crippen LogP contribution in [0.1, 0.15) is 91.4 Å². The Bertz CT molecular complexity index is 201. The van der Waals surface area contributed by atoms with Gasteiger partial charge in [-0.1, -0.05) is 72.1 Å². The van der Waals surface area contributed by atoms with Crippen LogP contribution in [0, 0.1) is 5.92 Å². The quantitative estimate of drug-likeness (QED) is 0.209. The molecule has 0 aromatic heterocycles. The third kappa shape index (κ3) is 10.5. The second kappa shape index (κ2) is 14.4. The van der Waals surface area contributed by atoms with E-state index >= 15 is 0 Å². The van der Waals surface area contributed by atoms with Crippen LogP contribution in [0.5, 0.6) is 0 Å². The van der Waals surface area contributed by atoms with Crippen LogP contribution in [0.3, 0.4) is 0 Å². The fourth-order valence-corrected chi connectivity index (χ4v) is 3.17. The third-order valence-electron chi connectivity index (χ3n) is 3.85. The molecular formula is C17H35NS. The van der Waals surface area contributed by atoms with Gasteiger partial charge in [-0.05, 0) is 37.1 Å². The van der Waals surface area contributed by atoms with Crippen molar-refractivity contribution in [3.63, 3.8) is 0 Å². The molecule has 114 valence electrons. The van der Waals surface area contributed by atoms with Crippen LogP contribution < -0.4 is 0 Å². The molecular weight excluding hydrogens is 250 g/mol. The number of hydrogen-bond donors (Lipinski definition) is 0. The maximum absolute atomic E-state index is 4.67. The maximum atomic E-state index is 4.67. The standard InChI is InChI=1S/C17H35NS/c1-5-8-10-12-14-16(15-13-11-9-6-2)17(7-3)18-19-4/h16H,5-15H2,1-4H3/b18-17+. The van der Waals surface area contributed by atoms with Crippen molar-refractivity contribution in [2.24, 2.45) is 10.3 Å². The molecule has 2 heteroatoms. The minimum absolute atomic E-state index is 0.756. The third-order valence-corrected chi connectivity index (χ3v) is 4.27. The molecule has 0 fully saturated rings. The second-order valence-electron chi connectivity index (χ2n) is 5.51. The van der Waals surface area contributed by atoms with Gasteiger partial charge in [-0.2, -0.15) is 0 Å². The summed E-state index contributed by atoms with van der Waals surface area (Å²) in [7, 11) is 0. The summed E-state index contributed by atoms with van der Waals surface area (Å²) in [5.41, 5.74) is 1.46. The molecule has 0 atom stereocenters. The van der Waals surface area contributed by atoms with E-state index in [0.29, 0.717) is 0 Å². The average molecular weight is 286 g/mol. The van der Waals surface area contributed by atoms with Gasteiger partial charge in [-0.25, -0.2) is 4.40 Å². The highest BCUT2D eigenvalue weighted by molar-refractivity contribution is 7.97. The van der Waals surface area contributed by atoms with E-state index in [1.807, 2.05) is 0 Å². The number of hydrogen-bond acceptors (Lipinski definition) is 2. The van der Waals surface area contributed by atoms with Gasteiger partial charge >= 0.3 is 0 Å². The number of unbranched alkanes of at least 4 members (excludes halogenated alkanes) is 6. The fraction of sp³-hybridized carbons (Fsp3) is 0.941. The van der Waals surface area contributed by atoms with Gasteiger partial charge in [0.15, 0.2) is 0 Å². The van der Waals surface area contributed by atoms with Crippen LogP contribution in [-0.4, -0.2) is 12.0 Å². The van der Waals surface area contributed by atoms with Crippen molar-refractivity contribution in [3.05, 3.63) is 0 Å². The van der Waals surface area contributed by atoms with E-state index in [1.54, 1.807) is 11.9 Å². The average Bonchev–Trinajstić information content (AvgIpc) is 2.43. The molecule has 0 bridgehead atoms. The van der Waals surface area contributed by atoms with E-state index in [2.05, 4.69) is 31.4 Å². The largest absolute Gasteiger partial charge is 0.226 e. The van der Waals surface area contributed by atoms with E-state index in [0.717, 1.165) is 12.3 Å². The normalized spacial score (nSPS) is 12.4. The summed E-state index contributed by atoms with van der Waals surface area (Å²) in [6.07, 6.45) is 17.0. The number of nitrogens with zero attached hydrogens (tertiary/aromatic N) is 1. The smallest absolute Gasteiger partial charge is 0.0290 e. The monoisotopic (exact) mass is 285 g/mol. The molecule has 0 aliphatic carbocycles. The van der Waals surface area contributed by atoms with Crippen LogP contribution in [0.15, 0.2) is 4.40 Å². The molecule has 0 N–H and O–H groups in total. The maximum Gasteiger partial charge on any atom is 0.0290 e. The van der Waals surface area contributed by atoms with Crippen molar-refractivity contribution in [1.29, 1.82) is 0 Å². The van der Waals surface area contributed by atoms with Crippen LogP contribution in [0.4, 0.5) is 0 Å². The summed E-state index contributed by atoms with van der Waals surface area (Å²) in [5.74, 6) is 0.756. The van der Waals surface area contributed by atoms with Gasteiger partial charge in [0, 0.05) is 12.0 Å². The van der Waals surface area contributed by atoms with Gasteiger partial charge in [-0.15, -0.1) is 0 Å². The van der Waals surface area contributed by atoms with Gasteiger partial charge in [0.25, 0.3) is 0 Å². The van der Waals surface area contributed by atoms with Crippen LogP contribution >= 0.6 is 11.9 Å². The van der Waals surface area contributed by atoms with Crippen molar-refractivity contribution in [2.45, 2.75) is 91.4 Å². The molecule has 0 aliphatic rings. The zero-order chi connectivity index (χ0) is 14.3. The lowest BCUT2D eigenvalue weighted by atomic mass is 9.89. The van der Waals surface area contributed by atoms with Gasteiger partial charge in [0.2, 0.25) is 0 Å². The van der Waals surface area contributed by atoms with E-state index in [9.17, 15) is 0 Å². The summed E-state index contributed by atoms with van der Waals surface area (Å²) in [6.45, 7) is 6.84. The first-order valence-electron chi connectivity index (χ1n) is 8.39. The summed E-state index contributed by atoms with van der Waals surface area (Å²) in [5, 5.41) is 0. The molecule has 0 aromatic carbocycles. The number of rotatable bonds is 13. The molecule has 0 heterocycles. The van der Waals surface area contributed by atoms with Crippen molar-refractivity contribution in [2.75, 3.05) is 6.26 Å². The summed E-state index contributed by atoms with van der Waals surface area (Å²) in [4.78, 5) is 0. The summed E-state index contributed by atoms with van der Waals surface area (Å²) >= 11 is 1.64. The van der Waals surface area contributed by atoms with Gasteiger partial charge in [0.05, 0.1) is 0 Å². The fourth-order valence-electron chi connectivity index (χ4n) is 2.66. The van der Waals surface area contributed by atoms with E-state index in [4.69, 9.17) is 0 Å². The van der Waals surface area contributed by atoms with Gasteiger partial charge in [0.1, 0.15) is 0 Å². The van der Waals surface area contributed by atoms with Crippen LogP contribution in [-0.2, 0) is 0 Å². The Morgan fingerprint density at radius 2 is 1.37 bits per heavy atom. The Balaban J connectivity index is 4.16. The molecule has 0 rings (SSSR count). The molecule has 0 spiro atoms. The van der Waals surface area contributed by atoms with E-state index in [1.165, 1.54) is 69.9 Å². The van der Waals surface area contributed by atoms with Crippen molar-refractivity contribution in [3.8, 4) is 0 Å². The zero-order valence-corrected chi connectivity index (χ0v) is 14.5. The highest BCUT2D eigenvalue weighted by Crippen LogP contribution is 2.22. The van der Waals surface area contributed by atoms with Crippen molar-refractivity contribution >= 4 is 17.7 Å². The molecule has 0 radical (unpaired) electrons. The highest BCUT2D eigenvalue weighted by atomic mass is 32.2. The Morgan fingerprint density at radius 3 is 1.74 bits per heavy atom. The SMILES string of the molecule is CCCCCCC(CCCCCC)/C(CC)=N/SC. The first-order chi connectivity index (χ1) is 9.29. The lowest BCUT2D eigenvalue weighted by molar-refractivity contribution is 0.490. The van der Waals surface area contributed by atoms with E-state index < -0.39 is 0 Å². The Hall–Kier alpha value is 0.0200.